The molecule has 0 amide bonds. The van der Waals surface area contributed by atoms with Crippen LogP contribution in [0.1, 0.15) is 40.5 Å². The first-order valence-electron chi connectivity index (χ1n) is 5.47. The zero-order chi connectivity index (χ0) is 11.6. The maximum atomic E-state index is 11.0. The standard InChI is InChI=1S/C11H21NO3/c1-8(15-11(2,3)4)12-7-5-6-9(12)10(13)14/h8-9H,5-7H2,1-4H3,(H,13,14)/t8?,9-/m0/s1. The van der Waals surface area contributed by atoms with Gasteiger partial charge in [0.05, 0.1) is 5.60 Å². The Bertz CT molecular complexity index is 234. The molecular formula is C11H21NO3. The Morgan fingerprint density at radius 3 is 2.60 bits per heavy atom. The number of carboxylic acids is 1. The molecule has 0 aromatic rings. The summed E-state index contributed by atoms with van der Waals surface area (Å²) in [7, 11) is 0. The summed E-state index contributed by atoms with van der Waals surface area (Å²) in [6.07, 6.45) is 1.54. The molecular weight excluding hydrogens is 194 g/mol. The molecule has 15 heavy (non-hydrogen) atoms. The molecule has 1 aliphatic rings. The number of nitrogens with zero attached hydrogens (tertiary/aromatic N) is 1. The molecule has 0 aromatic carbocycles. The average Bonchev–Trinajstić information content (AvgIpc) is 2.47. The van der Waals surface area contributed by atoms with Gasteiger partial charge in [0, 0.05) is 6.54 Å². The van der Waals surface area contributed by atoms with Crippen LogP contribution in [0.25, 0.3) is 0 Å². The van der Waals surface area contributed by atoms with E-state index in [-0.39, 0.29) is 17.9 Å². The maximum absolute atomic E-state index is 11.0. The van der Waals surface area contributed by atoms with Gasteiger partial charge in [0.25, 0.3) is 0 Å². The third kappa shape index (κ3) is 3.47. The van der Waals surface area contributed by atoms with Crippen molar-refractivity contribution in [2.45, 2.75) is 58.4 Å². The lowest BCUT2D eigenvalue weighted by atomic mass is 10.2. The van der Waals surface area contributed by atoms with Crippen LogP contribution in [0.15, 0.2) is 0 Å². The van der Waals surface area contributed by atoms with Crippen molar-refractivity contribution in [3.63, 3.8) is 0 Å². The van der Waals surface area contributed by atoms with Crippen molar-refractivity contribution in [2.75, 3.05) is 6.54 Å². The van der Waals surface area contributed by atoms with Gasteiger partial charge in [-0.1, -0.05) is 0 Å². The average molecular weight is 215 g/mol. The van der Waals surface area contributed by atoms with Crippen molar-refractivity contribution in [1.82, 2.24) is 4.90 Å². The molecule has 0 bridgehead atoms. The van der Waals surface area contributed by atoms with Crippen molar-refractivity contribution in [3.8, 4) is 0 Å². The van der Waals surface area contributed by atoms with Gasteiger partial charge in [0.1, 0.15) is 12.3 Å². The summed E-state index contributed by atoms with van der Waals surface area (Å²) < 4.78 is 5.76. The molecule has 0 aromatic heterocycles. The lowest BCUT2D eigenvalue weighted by molar-refractivity contribution is -0.157. The minimum atomic E-state index is -0.739. The molecule has 0 saturated carbocycles. The second-order valence-corrected chi connectivity index (χ2v) is 5.06. The fraction of sp³-hybridized carbons (Fsp3) is 0.909. The van der Waals surface area contributed by atoms with Gasteiger partial charge >= 0.3 is 5.97 Å². The lowest BCUT2D eigenvalue weighted by Crippen LogP contribution is -2.45. The monoisotopic (exact) mass is 215 g/mol. The summed E-state index contributed by atoms with van der Waals surface area (Å²) >= 11 is 0. The fourth-order valence-electron chi connectivity index (χ4n) is 2.07. The highest BCUT2D eigenvalue weighted by Gasteiger charge is 2.35. The third-order valence-corrected chi connectivity index (χ3v) is 2.57. The van der Waals surface area contributed by atoms with Gasteiger partial charge in [0.15, 0.2) is 0 Å². The Hall–Kier alpha value is -0.610. The van der Waals surface area contributed by atoms with Gasteiger partial charge in [0.2, 0.25) is 0 Å². The van der Waals surface area contributed by atoms with Crippen LogP contribution >= 0.6 is 0 Å². The Labute approximate surface area is 91.2 Å². The zero-order valence-corrected chi connectivity index (χ0v) is 9.99. The Morgan fingerprint density at radius 1 is 1.53 bits per heavy atom. The van der Waals surface area contributed by atoms with Crippen molar-refractivity contribution in [2.24, 2.45) is 0 Å². The Morgan fingerprint density at radius 2 is 2.13 bits per heavy atom. The normalized spacial score (nSPS) is 25.5. The Kier molecular flexibility index (Phi) is 3.73. The van der Waals surface area contributed by atoms with Crippen LogP contribution in [0.2, 0.25) is 0 Å². The molecule has 0 spiro atoms. The molecule has 1 heterocycles. The second kappa shape index (κ2) is 4.49. The van der Waals surface area contributed by atoms with Crippen molar-refractivity contribution in [1.29, 1.82) is 0 Å². The van der Waals surface area contributed by atoms with E-state index in [9.17, 15) is 4.79 Å². The summed E-state index contributed by atoms with van der Waals surface area (Å²) in [6.45, 7) is 8.68. The quantitative estimate of drug-likeness (QED) is 0.778. The molecule has 88 valence electrons. The van der Waals surface area contributed by atoms with Gasteiger partial charge in [-0.05, 0) is 40.5 Å². The summed E-state index contributed by atoms with van der Waals surface area (Å²) in [4.78, 5) is 12.9. The van der Waals surface area contributed by atoms with E-state index in [1.165, 1.54) is 0 Å². The van der Waals surface area contributed by atoms with Crippen molar-refractivity contribution < 1.29 is 14.6 Å². The second-order valence-electron chi connectivity index (χ2n) is 5.06. The van der Waals surface area contributed by atoms with Crippen LogP contribution in [-0.2, 0) is 9.53 Å². The molecule has 1 rings (SSSR count). The predicted octanol–water partition coefficient (Wildman–Crippen LogP) is 1.70. The van der Waals surface area contributed by atoms with E-state index >= 15 is 0 Å². The highest BCUT2D eigenvalue weighted by atomic mass is 16.5. The lowest BCUT2D eigenvalue weighted by Gasteiger charge is -2.33. The molecule has 1 fully saturated rings. The van der Waals surface area contributed by atoms with Crippen LogP contribution in [0.5, 0.6) is 0 Å². The molecule has 0 radical (unpaired) electrons. The SMILES string of the molecule is CC(OC(C)(C)C)N1CCC[C@H]1C(=O)O. The van der Waals surface area contributed by atoms with E-state index in [4.69, 9.17) is 9.84 Å². The molecule has 4 heteroatoms. The van der Waals surface area contributed by atoms with E-state index in [0.717, 1.165) is 19.4 Å². The van der Waals surface area contributed by atoms with E-state index < -0.39 is 5.97 Å². The molecule has 1 saturated heterocycles. The van der Waals surface area contributed by atoms with Crippen LogP contribution in [0.4, 0.5) is 0 Å². The van der Waals surface area contributed by atoms with Crippen LogP contribution in [0, 0.1) is 0 Å². The van der Waals surface area contributed by atoms with Gasteiger partial charge in [-0.25, -0.2) is 0 Å². The van der Waals surface area contributed by atoms with Crippen LogP contribution in [0.3, 0.4) is 0 Å². The number of carbonyl (C=O) groups is 1. The molecule has 1 N–H and O–H groups in total. The molecule has 1 aliphatic heterocycles. The largest absolute Gasteiger partial charge is 0.480 e. The number of hydrogen-bond acceptors (Lipinski definition) is 3. The molecule has 2 atom stereocenters. The predicted molar refractivity (Wildman–Crippen MR) is 57.7 cm³/mol. The van der Waals surface area contributed by atoms with E-state index in [2.05, 4.69) is 0 Å². The minimum absolute atomic E-state index is 0.131. The number of rotatable bonds is 3. The van der Waals surface area contributed by atoms with Gasteiger partial charge in [-0.3, -0.25) is 9.69 Å². The smallest absolute Gasteiger partial charge is 0.320 e. The van der Waals surface area contributed by atoms with Crippen LogP contribution < -0.4 is 0 Å². The molecule has 4 nitrogen and oxygen atoms in total. The van der Waals surface area contributed by atoms with E-state index in [1.54, 1.807) is 0 Å². The van der Waals surface area contributed by atoms with Crippen molar-refractivity contribution in [3.05, 3.63) is 0 Å². The highest BCUT2D eigenvalue weighted by Crippen LogP contribution is 2.23. The highest BCUT2D eigenvalue weighted by molar-refractivity contribution is 5.73. The number of carboxylic acid groups (broad SMARTS) is 1. The fourth-order valence-corrected chi connectivity index (χ4v) is 2.07. The Balaban J connectivity index is 2.58. The maximum Gasteiger partial charge on any atom is 0.320 e. The first-order valence-corrected chi connectivity index (χ1v) is 5.47. The minimum Gasteiger partial charge on any atom is -0.480 e. The topological polar surface area (TPSA) is 49.8 Å². The first-order chi connectivity index (χ1) is 6.81. The first kappa shape index (κ1) is 12.5. The van der Waals surface area contributed by atoms with Gasteiger partial charge < -0.3 is 9.84 Å². The summed E-state index contributed by atoms with van der Waals surface area (Å²) in [5.41, 5.74) is -0.231. The summed E-state index contributed by atoms with van der Waals surface area (Å²) in [5.74, 6) is -0.739. The number of ether oxygens (including phenoxy) is 1. The van der Waals surface area contributed by atoms with Gasteiger partial charge in [-0.2, -0.15) is 0 Å². The van der Waals surface area contributed by atoms with E-state index in [0.29, 0.717) is 0 Å². The molecule has 1 unspecified atom stereocenters. The van der Waals surface area contributed by atoms with E-state index in [1.807, 2.05) is 32.6 Å². The van der Waals surface area contributed by atoms with Gasteiger partial charge in [-0.15, -0.1) is 0 Å². The number of likely N-dealkylation sites (tertiary alicyclic amines) is 1. The van der Waals surface area contributed by atoms with Crippen LogP contribution in [-0.4, -0.2) is 40.4 Å². The zero-order valence-electron chi connectivity index (χ0n) is 9.99. The molecule has 0 aliphatic carbocycles. The third-order valence-electron chi connectivity index (χ3n) is 2.57. The number of hydrogen-bond donors (Lipinski definition) is 1. The number of aliphatic carboxylic acids is 1. The summed E-state index contributed by atoms with van der Waals surface area (Å²) in [6, 6.07) is -0.373. The summed E-state index contributed by atoms with van der Waals surface area (Å²) in [5, 5.41) is 9.03. The van der Waals surface area contributed by atoms with Crippen molar-refractivity contribution >= 4 is 5.97 Å².